The molecule has 1 aliphatic carbocycles. The zero-order chi connectivity index (χ0) is 14.8. The third kappa shape index (κ3) is 2.68. The number of rotatable bonds is 3. The third-order valence-corrected chi connectivity index (χ3v) is 3.89. The van der Waals surface area contributed by atoms with Crippen molar-refractivity contribution in [3.8, 4) is 17.1 Å². The van der Waals surface area contributed by atoms with E-state index in [0.717, 1.165) is 30.4 Å². The third-order valence-electron chi connectivity index (χ3n) is 3.89. The maximum absolute atomic E-state index is 12.0. The topological polar surface area (TPSA) is 65.2 Å². The van der Waals surface area contributed by atoms with Crippen molar-refractivity contribution >= 4 is 5.78 Å². The Hall–Kier alpha value is -2.17. The van der Waals surface area contributed by atoms with Gasteiger partial charge in [0, 0.05) is 6.42 Å². The Balaban J connectivity index is 1.93. The van der Waals surface area contributed by atoms with Crippen molar-refractivity contribution in [2.45, 2.75) is 38.5 Å². The average Bonchev–Trinajstić information content (AvgIpc) is 2.97. The number of carbonyl (C=O) groups excluding carboxylic acids is 1. The predicted octanol–water partition coefficient (Wildman–Crippen LogP) is 3.28. The highest BCUT2D eigenvalue weighted by atomic mass is 16.5. The maximum Gasteiger partial charge on any atom is 0.237 e. The second-order valence-corrected chi connectivity index (χ2v) is 5.42. The summed E-state index contributed by atoms with van der Waals surface area (Å²) in [6, 6.07) is 5.81. The summed E-state index contributed by atoms with van der Waals surface area (Å²) in [5, 5.41) is 4.02. The van der Waals surface area contributed by atoms with Crippen molar-refractivity contribution < 1.29 is 14.1 Å². The van der Waals surface area contributed by atoms with Crippen molar-refractivity contribution in [1.82, 2.24) is 10.1 Å². The second-order valence-electron chi connectivity index (χ2n) is 5.42. The monoisotopic (exact) mass is 286 g/mol. The number of ketones is 1. The molecule has 1 aromatic heterocycles. The zero-order valence-corrected chi connectivity index (χ0v) is 12.3. The van der Waals surface area contributed by atoms with Gasteiger partial charge in [-0.3, -0.25) is 4.79 Å². The molecular formula is C16H18N2O3. The SMILES string of the molecule is COc1cc(C)ccc1-c1noc(C2CCCCC2=O)n1. The van der Waals surface area contributed by atoms with Gasteiger partial charge in [0.15, 0.2) is 0 Å². The van der Waals surface area contributed by atoms with E-state index in [-0.39, 0.29) is 11.7 Å². The summed E-state index contributed by atoms with van der Waals surface area (Å²) in [5.41, 5.74) is 1.88. The minimum absolute atomic E-state index is 0.201. The lowest BCUT2D eigenvalue weighted by molar-refractivity contribution is -0.122. The van der Waals surface area contributed by atoms with Crippen molar-refractivity contribution in [2.24, 2.45) is 0 Å². The highest BCUT2D eigenvalue weighted by Crippen LogP contribution is 2.33. The van der Waals surface area contributed by atoms with E-state index < -0.39 is 0 Å². The minimum atomic E-state index is -0.239. The summed E-state index contributed by atoms with van der Waals surface area (Å²) in [6.45, 7) is 1.99. The molecule has 3 rings (SSSR count). The van der Waals surface area contributed by atoms with Crippen LogP contribution in [0.15, 0.2) is 22.7 Å². The fourth-order valence-corrected chi connectivity index (χ4v) is 2.71. The molecule has 21 heavy (non-hydrogen) atoms. The van der Waals surface area contributed by atoms with Crippen LogP contribution in [0.3, 0.4) is 0 Å². The summed E-state index contributed by atoms with van der Waals surface area (Å²) in [7, 11) is 1.62. The molecule has 0 radical (unpaired) electrons. The lowest BCUT2D eigenvalue weighted by Crippen LogP contribution is -2.17. The van der Waals surface area contributed by atoms with Gasteiger partial charge in [0.05, 0.1) is 18.6 Å². The predicted molar refractivity (Wildman–Crippen MR) is 77.2 cm³/mol. The van der Waals surface area contributed by atoms with Crippen molar-refractivity contribution in [1.29, 1.82) is 0 Å². The van der Waals surface area contributed by atoms with E-state index in [1.54, 1.807) is 7.11 Å². The van der Waals surface area contributed by atoms with Crippen LogP contribution in [0, 0.1) is 6.92 Å². The van der Waals surface area contributed by atoms with Crippen LogP contribution < -0.4 is 4.74 Å². The molecule has 0 N–H and O–H groups in total. The smallest absolute Gasteiger partial charge is 0.237 e. The molecule has 110 valence electrons. The summed E-state index contributed by atoms with van der Waals surface area (Å²) in [6.07, 6.45) is 3.39. The van der Waals surface area contributed by atoms with Crippen LogP contribution >= 0.6 is 0 Å². The molecule has 1 heterocycles. The summed E-state index contributed by atoms with van der Waals surface area (Å²) < 4.78 is 10.7. The molecule has 5 nitrogen and oxygen atoms in total. The Bertz CT molecular complexity index is 663. The van der Waals surface area contributed by atoms with E-state index in [1.807, 2.05) is 25.1 Å². The van der Waals surface area contributed by atoms with Crippen LogP contribution in [0.1, 0.15) is 43.1 Å². The number of benzene rings is 1. The van der Waals surface area contributed by atoms with E-state index in [9.17, 15) is 4.79 Å². The maximum atomic E-state index is 12.0. The highest BCUT2D eigenvalue weighted by molar-refractivity contribution is 5.85. The number of Topliss-reactive ketones (excluding diaryl/α,β-unsaturated/α-hetero) is 1. The second kappa shape index (κ2) is 5.68. The molecule has 1 unspecified atom stereocenters. The van der Waals surface area contributed by atoms with Crippen molar-refractivity contribution in [3.63, 3.8) is 0 Å². The molecule has 1 atom stereocenters. The molecule has 1 aliphatic rings. The van der Waals surface area contributed by atoms with E-state index in [1.165, 1.54) is 0 Å². The minimum Gasteiger partial charge on any atom is -0.496 e. The van der Waals surface area contributed by atoms with Crippen LogP contribution in [0.5, 0.6) is 5.75 Å². The van der Waals surface area contributed by atoms with Gasteiger partial charge in [0.25, 0.3) is 0 Å². The zero-order valence-electron chi connectivity index (χ0n) is 12.3. The Morgan fingerprint density at radius 2 is 2.19 bits per heavy atom. The van der Waals surface area contributed by atoms with Gasteiger partial charge in [-0.1, -0.05) is 17.6 Å². The lowest BCUT2D eigenvalue weighted by Gasteiger charge is -2.16. The van der Waals surface area contributed by atoms with Gasteiger partial charge in [0.1, 0.15) is 11.5 Å². The Morgan fingerprint density at radius 3 is 2.95 bits per heavy atom. The fraction of sp³-hybridized carbons (Fsp3) is 0.438. The highest BCUT2D eigenvalue weighted by Gasteiger charge is 2.29. The molecule has 0 aliphatic heterocycles. The van der Waals surface area contributed by atoms with Gasteiger partial charge in [0.2, 0.25) is 11.7 Å². The molecule has 0 saturated heterocycles. The first-order valence-electron chi connectivity index (χ1n) is 7.20. The standard InChI is InChI=1S/C16H18N2O3/c1-10-7-8-12(14(9-10)20-2)15-17-16(21-18-15)11-5-3-4-6-13(11)19/h7-9,11H,3-6H2,1-2H3. The number of aromatic nitrogens is 2. The average molecular weight is 286 g/mol. The number of methoxy groups -OCH3 is 1. The Labute approximate surface area is 123 Å². The number of carbonyl (C=O) groups is 1. The summed E-state index contributed by atoms with van der Waals surface area (Å²) in [4.78, 5) is 16.4. The van der Waals surface area contributed by atoms with Gasteiger partial charge in [-0.2, -0.15) is 4.98 Å². The first kappa shape index (κ1) is 13.8. The number of hydrogen-bond donors (Lipinski definition) is 0. The Kier molecular flexibility index (Phi) is 3.73. The van der Waals surface area contributed by atoms with Crippen LogP contribution in [0.2, 0.25) is 0 Å². The fourth-order valence-electron chi connectivity index (χ4n) is 2.71. The molecule has 1 fully saturated rings. The van der Waals surface area contributed by atoms with Gasteiger partial charge in [-0.25, -0.2) is 0 Å². The Morgan fingerprint density at radius 1 is 1.33 bits per heavy atom. The molecule has 0 amide bonds. The van der Waals surface area contributed by atoms with Gasteiger partial charge in [-0.15, -0.1) is 0 Å². The molecule has 1 saturated carbocycles. The number of ether oxygens (including phenoxy) is 1. The van der Waals surface area contributed by atoms with Crippen LogP contribution in [-0.4, -0.2) is 23.0 Å². The number of nitrogens with zero attached hydrogens (tertiary/aromatic N) is 2. The van der Waals surface area contributed by atoms with Crippen LogP contribution in [-0.2, 0) is 4.79 Å². The van der Waals surface area contributed by atoms with E-state index >= 15 is 0 Å². The largest absolute Gasteiger partial charge is 0.496 e. The number of hydrogen-bond acceptors (Lipinski definition) is 5. The van der Waals surface area contributed by atoms with Crippen molar-refractivity contribution in [2.75, 3.05) is 7.11 Å². The first-order chi connectivity index (χ1) is 10.2. The summed E-state index contributed by atoms with van der Waals surface area (Å²) in [5.74, 6) is 1.57. The quantitative estimate of drug-likeness (QED) is 0.866. The molecule has 2 aromatic rings. The van der Waals surface area contributed by atoms with Gasteiger partial charge >= 0.3 is 0 Å². The van der Waals surface area contributed by atoms with Gasteiger partial charge < -0.3 is 9.26 Å². The van der Waals surface area contributed by atoms with E-state index in [2.05, 4.69) is 10.1 Å². The van der Waals surface area contributed by atoms with E-state index in [4.69, 9.17) is 9.26 Å². The molecular weight excluding hydrogens is 268 g/mol. The first-order valence-corrected chi connectivity index (χ1v) is 7.20. The van der Waals surface area contributed by atoms with E-state index in [0.29, 0.717) is 23.9 Å². The molecule has 5 heteroatoms. The van der Waals surface area contributed by atoms with Gasteiger partial charge in [-0.05, 0) is 37.5 Å². The normalized spacial score (nSPS) is 18.8. The number of aryl methyl sites for hydroxylation is 1. The van der Waals surface area contributed by atoms with Crippen LogP contribution in [0.4, 0.5) is 0 Å². The lowest BCUT2D eigenvalue weighted by atomic mass is 9.88. The molecule has 0 bridgehead atoms. The van der Waals surface area contributed by atoms with Crippen LogP contribution in [0.25, 0.3) is 11.4 Å². The molecule has 1 aromatic carbocycles. The van der Waals surface area contributed by atoms with Crippen molar-refractivity contribution in [3.05, 3.63) is 29.7 Å². The summed E-state index contributed by atoms with van der Waals surface area (Å²) >= 11 is 0. The molecule has 0 spiro atoms.